The predicted molar refractivity (Wildman–Crippen MR) is 102 cm³/mol. The fraction of sp³-hybridized carbons (Fsp3) is 0.150. The average Bonchev–Trinajstić information content (AvgIpc) is 3.13. The van der Waals surface area contributed by atoms with Crippen LogP contribution in [0, 0.1) is 0 Å². The molecule has 0 radical (unpaired) electrons. The summed E-state index contributed by atoms with van der Waals surface area (Å²) in [5, 5.41) is 16.0. The summed E-state index contributed by atoms with van der Waals surface area (Å²) in [6, 6.07) is 17.3. The van der Waals surface area contributed by atoms with Crippen LogP contribution in [0.1, 0.15) is 23.7 Å². The highest BCUT2D eigenvalue weighted by atomic mass is 32.1. The van der Waals surface area contributed by atoms with Crippen LogP contribution in [-0.4, -0.2) is 22.0 Å². The lowest BCUT2D eigenvalue weighted by Crippen LogP contribution is -2.38. The molecule has 1 heterocycles. The van der Waals surface area contributed by atoms with E-state index in [-0.39, 0.29) is 12.5 Å². The van der Waals surface area contributed by atoms with Gasteiger partial charge in [0.15, 0.2) is 5.13 Å². The summed E-state index contributed by atoms with van der Waals surface area (Å²) in [5.41, 5.74) is -0.615. The first-order valence-electron chi connectivity index (χ1n) is 8.23. The molecule has 138 valence electrons. The quantitative estimate of drug-likeness (QED) is 0.640. The molecular formula is C20H18N2O4S. The highest BCUT2D eigenvalue weighted by Crippen LogP contribution is 2.31. The van der Waals surface area contributed by atoms with E-state index in [0.29, 0.717) is 22.0 Å². The van der Waals surface area contributed by atoms with Crippen molar-refractivity contribution in [3.05, 3.63) is 82.9 Å². The number of amides is 1. The second-order valence-electron chi connectivity index (χ2n) is 5.84. The van der Waals surface area contributed by atoms with Crippen LogP contribution < -0.4 is 5.32 Å². The summed E-state index contributed by atoms with van der Waals surface area (Å²) in [7, 11) is 0. The number of thiazole rings is 1. The number of aliphatic hydroxyl groups is 1. The van der Waals surface area contributed by atoms with Gasteiger partial charge in [-0.25, -0.2) is 9.78 Å². The van der Waals surface area contributed by atoms with Gasteiger partial charge in [0.2, 0.25) is 11.5 Å². The van der Waals surface area contributed by atoms with E-state index >= 15 is 0 Å². The third-order valence-electron chi connectivity index (χ3n) is 3.86. The molecule has 0 saturated heterocycles. The zero-order chi connectivity index (χ0) is 19.3. The van der Waals surface area contributed by atoms with Gasteiger partial charge in [0, 0.05) is 12.3 Å². The largest absolute Gasteiger partial charge is 0.456 e. The first-order valence-corrected chi connectivity index (χ1v) is 9.10. The third-order valence-corrected chi connectivity index (χ3v) is 4.67. The number of aromatic nitrogens is 1. The SMILES string of the molecule is CC(=O)Nc1nc(COC(=O)C(O)(c2ccccc2)c2ccccc2)cs1. The normalized spacial score (nSPS) is 11.0. The van der Waals surface area contributed by atoms with Gasteiger partial charge in [-0.1, -0.05) is 60.7 Å². The fourth-order valence-corrected chi connectivity index (χ4v) is 3.33. The van der Waals surface area contributed by atoms with Gasteiger partial charge in [-0.2, -0.15) is 0 Å². The summed E-state index contributed by atoms with van der Waals surface area (Å²) < 4.78 is 5.36. The molecule has 1 amide bonds. The average molecular weight is 382 g/mol. The molecule has 2 aromatic carbocycles. The maximum absolute atomic E-state index is 12.9. The van der Waals surface area contributed by atoms with E-state index in [9.17, 15) is 14.7 Å². The van der Waals surface area contributed by atoms with Gasteiger partial charge in [-0.15, -0.1) is 11.3 Å². The van der Waals surface area contributed by atoms with E-state index in [2.05, 4.69) is 10.3 Å². The van der Waals surface area contributed by atoms with Crippen molar-refractivity contribution in [1.29, 1.82) is 0 Å². The second kappa shape index (κ2) is 8.11. The smallest absolute Gasteiger partial charge is 0.348 e. The Bertz CT molecular complexity index is 886. The molecule has 27 heavy (non-hydrogen) atoms. The van der Waals surface area contributed by atoms with E-state index in [4.69, 9.17) is 4.74 Å². The van der Waals surface area contributed by atoms with Crippen LogP contribution in [0.15, 0.2) is 66.0 Å². The maximum atomic E-state index is 12.9. The van der Waals surface area contributed by atoms with Crippen molar-refractivity contribution < 1.29 is 19.4 Å². The van der Waals surface area contributed by atoms with Crippen molar-refractivity contribution in [1.82, 2.24) is 4.98 Å². The molecule has 1 aromatic heterocycles. The van der Waals surface area contributed by atoms with E-state index in [1.54, 1.807) is 66.0 Å². The molecule has 3 rings (SSSR count). The molecule has 7 heteroatoms. The Morgan fingerprint density at radius 3 is 2.15 bits per heavy atom. The Hall–Kier alpha value is -3.03. The van der Waals surface area contributed by atoms with Crippen LogP contribution in [0.5, 0.6) is 0 Å². The Morgan fingerprint density at radius 1 is 1.07 bits per heavy atom. The molecule has 0 aliphatic heterocycles. The van der Waals surface area contributed by atoms with E-state index in [0.717, 1.165) is 0 Å². The molecule has 0 aliphatic carbocycles. The van der Waals surface area contributed by atoms with Gasteiger partial charge in [0.1, 0.15) is 6.61 Å². The van der Waals surface area contributed by atoms with Crippen LogP contribution in [-0.2, 0) is 26.5 Å². The minimum Gasteiger partial charge on any atom is -0.456 e. The summed E-state index contributed by atoms with van der Waals surface area (Å²) >= 11 is 1.23. The van der Waals surface area contributed by atoms with Gasteiger partial charge in [0.25, 0.3) is 0 Å². The topological polar surface area (TPSA) is 88.5 Å². The zero-order valence-corrected chi connectivity index (χ0v) is 15.4. The lowest BCUT2D eigenvalue weighted by molar-refractivity contribution is -0.163. The number of benzene rings is 2. The number of carbonyl (C=O) groups excluding carboxylic acids is 2. The van der Waals surface area contributed by atoms with Crippen molar-refractivity contribution in [3.63, 3.8) is 0 Å². The molecule has 6 nitrogen and oxygen atoms in total. The number of ether oxygens (including phenoxy) is 1. The minimum atomic E-state index is -1.93. The Morgan fingerprint density at radius 2 is 1.63 bits per heavy atom. The fourth-order valence-electron chi connectivity index (χ4n) is 2.59. The summed E-state index contributed by atoms with van der Waals surface area (Å²) in [4.78, 5) is 28.1. The molecule has 0 aliphatic rings. The molecule has 0 bridgehead atoms. The molecule has 0 atom stereocenters. The predicted octanol–water partition coefficient (Wildman–Crippen LogP) is 3.08. The summed E-state index contributed by atoms with van der Waals surface area (Å²) in [5.74, 6) is -1.02. The molecule has 0 saturated carbocycles. The zero-order valence-electron chi connectivity index (χ0n) is 14.6. The second-order valence-corrected chi connectivity index (χ2v) is 6.70. The number of esters is 1. The first-order chi connectivity index (χ1) is 13.0. The molecule has 0 unspecified atom stereocenters. The van der Waals surface area contributed by atoms with Crippen molar-refractivity contribution in [2.45, 2.75) is 19.1 Å². The van der Waals surface area contributed by atoms with Gasteiger partial charge < -0.3 is 15.2 Å². The highest BCUT2D eigenvalue weighted by Gasteiger charge is 2.41. The van der Waals surface area contributed by atoms with E-state index in [1.807, 2.05) is 0 Å². The minimum absolute atomic E-state index is 0.114. The molecule has 3 aromatic rings. The Balaban J connectivity index is 1.82. The highest BCUT2D eigenvalue weighted by molar-refractivity contribution is 7.13. The van der Waals surface area contributed by atoms with E-state index in [1.165, 1.54) is 18.3 Å². The summed E-state index contributed by atoms with van der Waals surface area (Å²) in [6.07, 6.45) is 0. The summed E-state index contributed by atoms with van der Waals surface area (Å²) in [6.45, 7) is 1.28. The van der Waals surface area contributed by atoms with Crippen LogP contribution in [0.25, 0.3) is 0 Å². The third kappa shape index (κ3) is 4.21. The van der Waals surface area contributed by atoms with Crippen LogP contribution in [0.4, 0.5) is 5.13 Å². The standard InChI is InChI=1S/C20H18N2O4S/c1-14(23)21-19-22-17(13-27-19)12-26-18(24)20(25,15-8-4-2-5-9-15)16-10-6-3-7-11-16/h2-11,13,25H,12H2,1H3,(H,21,22,23). The number of hydrogen-bond donors (Lipinski definition) is 2. The number of nitrogens with zero attached hydrogens (tertiary/aromatic N) is 1. The molecule has 0 fully saturated rings. The monoisotopic (exact) mass is 382 g/mol. The maximum Gasteiger partial charge on any atom is 0.348 e. The van der Waals surface area contributed by atoms with Crippen LogP contribution in [0.3, 0.4) is 0 Å². The lowest BCUT2D eigenvalue weighted by atomic mass is 9.86. The van der Waals surface area contributed by atoms with Gasteiger partial charge in [-0.05, 0) is 11.1 Å². The Kier molecular flexibility index (Phi) is 5.63. The van der Waals surface area contributed by atoms with Crippen molar-refractivity contribution in [2.75, 3.05) is 5.32 Å². The lowest BCUT2D eigenvalue weighted by Gasteiger charge is -2.26. The number of anilines is 1. The van der Waals surface area contributed by atoms with Crippen molar-refractivity contribution in [2.24, 2.45) is 0 Å². The molecule has 2 N–H and O–H groups in total. The molecule has 0 spiro atoms. The Labute approximate surface area is 160 Å². The van der Waals surface area contributed by atoms with Crippen molar-refractivity contribution in [3.8, 4) is 0 Å². The number of nitrogens with one attached hydrogen (secondary N) is 1. The molecular weight excluding hydrogens is 364 g/mol. The van der Waals surface area contributed by atoms with Crippen LogP contribution >= 0.6 is 11.3 Å². The number of carbonyl (C=O) groups is 2. The van der Waals surface area contributed by atoms with Gasteiger partial charge in [0.05, 0.1) is 5.69 Å². The number of rotatable bonds is 6. The number of hydrogen-bond acceptors (Lipinski definition) is 6. The van der Waals surface area contributed by atoms with Gasteiger partial charge >= 0.3 is 5.97 Å². The van der Waals surface area contributed by atoms with E-state index < -0.39 is 11.6 Å². The first kappa shape index (κ1) is 18.8. The van der Waals surface area contributed by atoms with Crippen molar-refractivity contribution >= 4 is 28.3 Å². The van der Waals surface area contributed by atoms with Gasteiger partial charge in [-0.3, -0.25) is 4.79 Å². The van der Waals surface area contributed by atoms with Crippen LogP contribution in [0.2, 0.25) is 0 Å².